The molecule has 1 amide bonds. The molecular weight excluding hydrogens is 266 g/mol. The van der Waals surface area contributed by atoms with Gasteiger partial charge in [0.1, 0.15) is 7.11 Å². The van der Waals surface area contributed by atoms with Crippen molar-refractivity contribution in [3.63, 3.8) is 0 Å². The van der Waals surface area contributed by atoms with Crippen LogP contribution in [0.3, 0.4) is 0 Å². The molecule has 0 radical (unpaired) electrons. The highest BCUT2D eigenvalue weighted by Gasteiger charge is 2.12. The highest BCUT2D eigenvalue weighted by molar-refractivity contribution is 5.95. The van der Waals surface area contributed by atoms with Crippen molar-refractivity contribution in [3.05, 3.63) is 60.6 Å². The number of rotatable bonds is 4. The first-order valence-corrected chi connectivity index (χ1v) is 6.61. The predicted octanol–water partition coefficient (Wildman–Crippen LogP) is 2.28. The summed E-state index contributed by atoms with van der Waals surface area (Å²) in [6, 6.07) is 11.4. The molecule has 0 aliphatic carbocycles. The van der Waals surface area contributed by atoms with Crippen LogP contribution in [-0.4, -0.2) is 22.7 Å². The first kappa shape index (κ1) is 13.2. The number of pyridine rings is 1. The summed E-state index contributed by atoms with van der Waals surface area (Å²) in [7, 11) is 1.60. The minimum Gasteiger partial charge on any atom is -0.417 e. The van der Waals surface area contributed by atoms with E-state index < -0.39 is 0 Å². The number of aromatic nitrogens is 2. The quantitative estimate of drug-likeness (QED) is 0.798. The Hall–Kier alpha value is -2.82. The summed E-state index contributed by atoms with van der Waals surface area (Å²) in [6.45, 7) is 0. The molecule has 1 aromatic carbocycles. The van der Waals surface area contributed by atoms with E-state index >= 15 is 0 Å². The molecule has 3 aromatic rings. The van der Waals surface area contributed by atoms with Gasteiger partial charge in [-0.2, -0.15) is 4.73 Å². The van der Waals surface area contributed by atoms with Gasteiger partial charge in [0.25, 0.3) is 0 Å². The van der Waals surface area contributed by atoms with Gasteiger partial charge in [-0.15, -0.1) is 0 Å². The molecule has 0 bridgehead atoms. The summed E-state index contributed by atoms with van der Waals surface area (Å²) >= 11 is 0. The topological polar surface area (TPSA) is 56.1 Å². The standard InChI is InChI=1S/C16H15N3O2/c1-21-19-11-12(14-6-2-3-7-15(14)19)9-16(20)18-13-5-4-8-17-10-13/h2-8,10-11H,9H2,1H3,(H,18,20). The third-order valence-electron chi connectivity index (χ3n) is 3.25. The number of hydrogen-bond donors (Lipinski definition) is 1. The van der Waals surface area contributed by atoms with E-state index in [0.29, 0.717) is 5.69 Å². The molecule has 3 rings (SSSR count). The first-order valence-electron chi connectivity index (χ1n) is 6.61. The van der Waals surface area contributed by atoms with Gasteiger partial charge in [0.2, 0.25) is 5.91 Å². The summed E-state index contributed by atoms with van der Waals surface area (Å²) in [6.07, 6.45) is 5.41. The Kier molecular flexibility index (Phi) is 3.55. The van der Waals surface area contributed by atoms with Crippen molar-refractivity contribution in [1.29, 1.82) is 0 Å². The molecule has 5 nitrogen and oxygen atoms in total. The van der Waals surface area contributed by atoms with E-state index in [-0.39, 0.29) is 12.3 Å². The van der Waals surface area contributed by atoms with Crippen LogP contribution in [0.2, 0.25) is 0 Å². The van der Waals surface area contributed by atoms with E-state index in [1.807, 2.05) is 36.5 Å². The van der Waals surface area contributed by atoms with Gasteiger partial charge in [0.05, 0.1) is 23.8 Å². The molecule has 106 valence electrons. The number of hydrogen-bond acceptors (Lipinski definition) is 3. The second kappa shape index (κ2) is 5.66. The molecule has 2 heterocycles. The summed E-state index contributed by atoms with van der Waals surface area (Å²) in [4.78, 5) is 21.4. The van der Waals surface area contributed by atoms with Crippen molar-refractivity contribution >= 4 is 22.5 Å². The number of fused-ring (bicyclic) bond motifs is 1. The molecule has 0 aliphatic heterocycles. The number of carbonyl (C=O) groups is 1. The van der Waals surface area contributed by atoms with Gasteiger partial charge in [0.15, 0.2) is 0 Å². The molecule has 5 heteroatoms. The van der Waals surface area contributed by atoms with Crippen LogP contribution in [0.1, 0.15) is 5.56 Å². The largest absolute Gasteiger partial charge is 0.417 e. The highest BCUT2D eigenvalue weighted by Crippen LogP contribution is 2.21. The zero-order valence-electron chi connectivity index (χ0n) is 11.6. The maximum absolute atomic E-state index is 12.1. The maximum Gasteiger partial charge on any atom is 0.228 e. The van der Waals surface area contributed by atoms with Crippen LogP contribution in [0.4, 0.5) is 5.69 Å². The van der Waals surface area contributed by atoms with Crippen molar-refractivity contribution in [3.8, 4) is 0 Å². The first-order chi connectivity index (χ1) is 10.3. The summed E-state index contributed by atoms with van der Waals surface area (Å²) < 4.78 is 1.67. The number of anilines is 1. The molecule has 21 heavy (non-hydrogen) atoms. The number of nitrogens with zero attached hydrogens (tertiary/aromatic N) is 2. The van der Waals surface area contributed by atoms with Gasteiger partial charge in [-0.3, -0.25) is 9.78 Å². The molecule has 2 aromatic heterocycles. The van der Waals surface area contributed by atoms with E-state index in [4.69, 9.17) is 4.84 Å². The fourth-order valence-corrected chi connectivity index (χ4v) is 2.32. The summed E-state index contributed by atoms with van der Waals surface area (Å²) in [5, 5.41) is 3.85. The van der Waals surface area contributed by atoms with Crippen LogP contribution < -0.4 is 10.2 Å². The Morgan fingerprint density at radius 2 is 2.14 bits per heavy atom. The third-order valence-corrected chi connectivity index (χ3v) is 3.25. The lowest BCUT2D eigenvalue weighted by Crippen LogP contribution is -2.14. The SMILES string of the molecule is COn1cc(CC(=O)Nc2cccnc2)c2ccccc21. The van der Waals surface area contributed by atoms with Gasteiger partial charge in [0, 0.05) is 17.8 Å². The molecule has 0 aliphatic rings. The highest BCUT2D eigenvalue weighted by atomic mass is 16.6. The van der Waals surface area contributed by atoms with E-state index in [1.54, 1.807) is 30.3 Å². The Bertz CT molecular complexity index is 766. The zero-order chi connectivity index (χ0) is 14.7. The number of benzene rings is 1. The predicted molar refractivity (Wildman–Crippen MR) is 81.0 cm³/mol. The third kappa shape index (κ3) is 2.72. The number of carbonyl (C=O) groups excluding carboxylic acids is 1. The zero-order valence-corrected chi connectivity index (χ0v) is 11.6. The normalized spacial score (nSPS) is 10.5. The second-order valence-corrected chi connectivity index (χ2v) is 4.65. The summed E-state index contributed by atoms with van der Waals surface area (Å²) in [5.74, 6) is -0.0815. The lowest BCUT2D eigenvalue weighted by atomic mass is 10.1. The second-order valence-electron chi connectivity index (χ2n) is 4.65. The number of nitrogens with one attached hydrogen (secondary N) is 1. The number of para-hydroxylation sites is 1. The molecule has 0 fully saturated rings. The van der Waals surface area contributed by atoms with Gasteiger partial charge in [-0.25, -0.2) is 0 Å². The molecule has 0 atom stereocenters. The van der Waals surface area contributed by atoms with Crippen LogP contribution in [0, 0.1) is 0 Å². The van der Waals surface area contributed by atoms with Crippen LogP contribution in [0.25, 0.3) is 10.9 Å². The van der Waals surface area contributed by atoms with E-state index in [1.165, 1.54) is 0 Å². The van der Waals surface area contributed by atoms with Crippen molar-refractivity contribution < 1.29 is 9.63 Å². The fourth-order valence-electron chi connectivity index (χ4n) is 2.32. The molecular formula is C16H15N3O2. The molecule has 1 N–H and O–H groups in total. The van der Waals surface area contributed by atoms with E-state index in [0.717, 1.165) is 16.5 Å². The van der Waals surface area contributed by atoms with Crippen molar-refractivity contribution in [2.75, 3.05) is 12.4 Å². The van der Waals surface area contributed by atoms with Crippen LogP contribution in [-0.2, 0) is 11.2 Å². The van der Waals surface area contributed by atoms with E-state index in [2.05, 4.69) is 10.3 Å². The van der Waals surface area contributed by atoms with Crippen molar-refractivity contribution in [1.82, 2.24) is 9.71 Å². The van der Waals surface area contributed by atoms with Gasteiger partial charge in [-0.05, 0) is 23.8 Å². The summed E-state index contributed by atoms with van der Waals surface area (Å²) in [5.41, 5.74) is 2.57. The lowest BCUT2D eigenvalue weighted by molar-refractivity contribution is -0.115. The Labute approximate surface area is 122 Å². The minimum absolute atomic E-state index is 0.0815. The molecule has 0 unspecified atom stereocenters. The van der Waals surface area contributed by atoms with Crippen molar-refractivity contribution in [2.45, 2.75) is 6.42 Å². The van der Waals surface area contributed by atoms with Crippen LogP contribution in [0.5, 0.6) is 0 Å². The maximum atomic E-state index is 12.1. The molecule has 0 spiro atoms. The van der Waals surface area contributed by atoms with Gasteiger partial charge >= 0.3 is 0 Å². The number of amides is 1. The monoisotopic (exact) mass is 281 g/mol. The Morgan fingerprint density at radius 3 is 2.90 bits per heavy atom. The smallest absolute Gasteiger partial charge is 0.228 e. The van der Waals surface area contributed by atoms with Gasteiger partial charge < -0.3 is 10.2 Å². The average Bonchev–Trinajstić information content (AvgIpc) is 2.86. The van der Waals surface area contributed by atoms with Crippen molar-refractivity contribution in [2.24, 2.45) is 0 Å². The van der Waals surface area contributed by atoms with Gasteiger partial charge in [-0.1, -0.05) is 18.2 Å². The van der Waals surface area contributed by atoms with Crippen LogP contribution >= 0.6 is 0 Å². The Balaban J connectivity index is 1.83. The average molecular weight is 281 g/mol. The van der Waals surface area contributed by atoms with E-state index in [9.17, 15) is 4.79 Å². The van der Waals surface area contributed by atoms with Crippen LogP contribution in [0.15, 0.2) is 55.0 Å². The fraction of sp³-hybridized carbons (Fsp3) is 0.125. The minimum atomic E-state index is -0.0815. The molecule has 0 saturated carbocycles. The molecule has 0 saturated heterocycles. The Morgan fingerprint density at radius 1 is 1.29 bits per heavy atom. The lowest BCUT2D eigenvalue weighted by Gasteiger charge is -2.03.